The number of aliphatic hydroxyl groups excluding tert-OH is 1. The number of carbonyl (C=O) groups is 1. The maximum Gasteiger partial charge on any atom is 0.337 e. The van der Waals surface area contributed by atoms with E-state index in [1.807, 2.05) is 22.6 Å². The van der Waals surface area contributed by atoms with Gasteiger partial charge < -0.3 is 15.5 Å². The van der Waals surface area contributed by atoms with Gasteiger partial charge in [0.1, 0.15) is 5.82 Å². The van der Waals surface area contributed by atoms with E-state index in [1.165, 1.54) is 12.1 Å². The maximum absolute atomic E-state index is 13.9. The Morgan fingerprint density at radius 2 is 1.95 bits per heavy atom. The molecule has 0 amide bonds. The van der Waals surface area contributed by atoms with Gasteiger partial charge in [0.05, 0.1) is 17.4 Å². The van der Waals surface area contributed by atoms with Gasteiger partial charge in [0, 0.05) is 9.61 Å². The summed E-state index contributed by atoms with van der Waals surface area (Å²) in [5.41, 5.74) is 0.00447. The van der Waals surface area contributed by atoms with Crippen LogP contribution in [0.3, 0.4) is 0 Å². The molecule has 19 heavy (non-hydrogen) atoms. The largest absolute Gasteiger partial charge is 0.478 e. The minimum atomic E-state index is -1.14. The highest BCUT2D eigenvalue weighted by atomic mass is 127. The summed E-state index contributed by atoms with van der Waals surface area (Å²) in [6.45, 7) is 0. The molecule has 1 fully saturated rings. The number of carboxylic acids is 1. The lowest BCUT2D eigenvalue weighted by atomic mass is 9.92. The molecule has 0 spiro atoms. The minimum absolute atomic E-state index is 0.0102. The molecule has 1 aliphatic rings. The van der Waals surface area contributed by atoms with Gasteiger partial charge in [-0.3, -0.25) is 0 Å². The fourth-order valence-corrected chi connectivity index (χ4v) is 2.90. The van der Waals surface area contributed by atoms with Crippen LogP contribution in [-0.2, 0) is 0 Å². The summed E-state index contributed by atoms with van der Waals surface area (Å²) in [7, 11) is 0. The second-order valence-corrected chi connectivity index (χ2v) is 6.01. The molecule has 1 saturated carbocycles. The highest BCUT2D eigenvalue weighted by molar-refractivity contribution is 14.1. The van der Waals surface area contributed by atoms with Crippen LogP contribution in [0.4, 0.5) is 10.1 Å². The van der Waals surface area contributed by atoms with Crippen molar-refractivity contribution in [3.05, 3.63) is 27.1 Å². The molecule has 1 aliphatic carbocycles. The van der Waals surface area contributed by atoms with E-state index in [-0.39, 0.29) is 23.4 Å². The zero-order valence-corrected chi connectivity index (χ0v) is 12.4. The number of hydrogen-bond acceptors (Lipinski definition) is 3. The maximum atomic E-state index is 13.9. The van der Waals surface area contributed by atoms with Gasteiger partial charge in [-0.25, -0.2) is 9.18 Å². The van der Waals surface area contributed by atoms with Gasteiger partial charge in [0.25, 0.3) is 0 Å². The zero-order chi connectivity index (χ0) is 14.0. The number of nitrogens with one attached hydrogen (secondary N) is 1. The first-order valence-electron chi connectivity index (χ1n) is 6.14. The highest BCUT2D eigenvalue weighted by Crippen LogP contribution is 2.28. The van der Waals surface area contributed by atoms with Gasteiger partial charge in [0.15, 0.2) is 0 Å². The third-order valence-electron chi connectivity index (χ3n) is 3.33. The predicted octanol–water partition coefficient (Wildman–Crippen LogP) is 2.84. The number of carboxylic acid groups (broad SMARTS) is 1. The van der Waals surface area contributed by atoms with E-state index < -0.39 is 11.8 Å². The van der Waals surface area contributed by atoms with E-state index in [9.17, 15) is 14.3 Å². The molecule has 104 valence electrons. The lowest BCUT2D eigenvalue weighted by molar-refractivity contribution is 0.0697. The van der Waals surface area contributed by atoms with Gasteiger partial charge in [0.2, 0.25) is 0 Å². The lowest BCUT2D eigenvalue weighted by Gasteiger charge is -2.27. The SMILES string of the molecule is O=C(O)c1cc(I)cc(F)c1N[C@H]1CC[C@H](O)CC1. The first kappa shape index (κ1) is 14.5. The van der Waals surface area contributed by atoms with Gasteiger partial charge in [-0.05, 0) is 60.4 Å². The number of halogens is 2. The standard InChI is InChI=1S/C13H15FINO3/c14-11-6-7(15)5-10(13(18)19)12(11)16-8-1-3-9(17)4-2-8/h5-6,8-9,16-17H,1-4H2,(H,18,19)/t8-,9-. The topological polar surface area (TPSA) is 69.6 Å². The van der Waals surface area contributed by atoms with Gasteiger partial charge in [-0.15, -0.1) is 0 Å². The fraction of sp³-hybridized carbons (Fsp3) is 0.462. The predicted molar refractivity (Wildman–Crippen MR) is 78.0 cm³/mol. The number of anilines is 1. The summed E-state index contributed by atoms with van der Waals surface area (Å²) in [5, 5.41) is 21.5. The van der Waals surface area contributed by atoms with Crippen LogP contribution in [0.15, 0.2) is 12.1 Å². The second kappa shape index (κ2) is 6.04. The van der Waals surface area contributed by atoms with Crippen LogP contribution in [0.5, 0.6) is 0 Å². The average molecular weight is 379 g/mol. The van der Waals surface area contributed by atoms with Crippen LogP contribution >= 0.6 is 22.6 Å². The van der Waals surface area contributed by atoms with Crippen LogP contribution in [-0.4, -0.2) is 28.3 Å². The Balaban J connectivity index is 2.21. The normalized spacial score (nSPS) is 23.1. The molecule has 0 unspecified atom stereocenters. The molecule has 3 N–H and O–H groups in total. The molecule has 0 saturated heterocycles. The Morgan fingerprint density at radius 1 is 1.32 bits per heavy atom. The van der Waals surface area contributed by atoms with Gasteiger partial charge >= 0.3 is 5.97 Å². The first-order valence-corrected chi connectivity index (χ1v) is 7.22. The molecule has 0 aliphatic heterocycles. The van der Waals surface area contributed by atoms with Crippen molar-refractivity contribution in [3.8, 4) is 0 Å². The van der Waals surface area contributed by atoms with Gasteiger partial charge in [-0.2, -0.15) is 0 Å². The van der Waals surface area contributed by atoms with E-state index in [0.29, 0.717) is 29.3 Å². The Kier molecular flexibility index (Phi) is 4.62. The van der Waals surface area contributed by atoms with Crippen molar-refractivity contribution in [2.45, 2.75) is 37.8 Å². The van der Waals surface area contributed by atoms with Crippen molar-refractivity contribution in [2.75, 3.05) is 5.32 Å². The second-order valence-electron chi connectivity index (χ2n) is 4.77. The molecule has 0 bridgehead atoms. The Bertz CT molecular complexity index is 487. The Hall–Kier alpha value is -0.890. The van der Waals surface area contributed by atoms with Gasteiger partial charge in [-0.1, -0.05) is 0 Å². The molecular weight excluding hydrogens is 364 g/mol. The average Bonchev–Trinajstić information content (AvgIpc) is 2.34. The highest BCUT2D eigenvalue weighted by Gasteiger charge is 2.23. The molecule has 0 aromatic heterocycles. The third-order valence-corrected chi connectivity index (χ3v) is 3.95. The molecule has 2 rings (SSSR count). The summed E-state index contributed by atoms with van der Waals surface area (Å²) >= 11 is 1.89. The molecule has 1 aromatic carbocycles. The van der Waals surface area contributed by atoms with E-state index in [1.54, 1.807) is 0 Å². The van der Waals surface area contributed by atoms with Crippen molar-refractivity contribution in [1.29, 1.82) is 0 Å². The smallest absolute Gasteiger partial charge is 0.337 e. The van der Waals surface area contributed by atoms with Crippen LogP contribution in [0, 0.1) is 9.39 Å². The lowest BCUT2D eigenvalue weighted by Crippen LogP contribution is -2.29. The van der Waals surface area contributed by atoms with E-state index in [4.69, 9.17) is 5.11 Å². The molecule has 1 aromatic rings. The fourth-order valence-electron chi connectivity index (χ4n) is 2.31. The van der Waals surface area contributed by atoms with Crippen molar-refractivity contribution >= 4 is 34.2 Å². The van der Waals surface area contributed by atoms with Crippen LogP contribution in [0.1, 0.15) is 36.0 Å². The van der Waals surface area contributed by atoms with Crippen LogP contribution < -0.4 is 5.32 Å². The molecular formula is C13H15FINO3. The number of aliphatic hydroxyl groups is 1. The summed E-state index contributed by atoms with van der Waals surface area (Å²) in [6, 6.07) is 2.77. The molecule has 0 radical (unpaired) electrons. The number of aromatic carboxylic acids is 1. The molecule has 4 nitrogen and oxygen atoms in total. The Labute approximate surface area is 124 Å². The van der Waals surface area contributed by atoms with Crippen LogP contribution in [0.25, 0.3) is 0 Å². The monoisotopic (exact) mass is 379 g/mol. The van der Waals surface area contributed by atoms with Crippen molar-refractivity contribution < 1.29 is 19.4 Å². The molecule has 6 heteroatoms. The van der Waals surface area contributed by atoms with Crippen molar-refractivity contribution in [1.82, 2.24) is 0 Å². The van der Waals surface area contributed by atoms with Crippen LogP contribution in [0.2, 0.25) is 0 Å². The van der Waals surface area contributed by atoms with Crippen molar-refractivity contribution in [2.24, 2.45) is 0 Å². The zero-order valence-electron chi connectivity index (χ0n) is 10.2. The summed E-state index contributed by atoms with van der Waals surface area (Å²) in [5.74, 6) is -1.69. The number of hydrogen-bond donors (Lipinski definition) is 3. The molecule has 0 atom stereocenters. The van der Waals surface area contributed by atoms with Crippen molar-refractivity contribution in [3.63, 3.8) is 0 Å². The third kappa shape index (κ3) is 3.56. The summed E-state index contributed by atoms with van der Waals surface area (Å²) < 4.78 is 14.5. The quantitative estimate of drug-likeness (QED) is 0.707. The van der Waals surface area contributed by atoms with E-state index in [2.05, 4.69) is 5.32 Å². The Morgan fingerprint density at radius 3 is 2.53 bits per heavy atom. The minimum Gasteiger partial charge on any atom is -0.478 e. The number of benzene rings is 1. The molecule has 0 heterocycles. The number of rotatable bonds is 3. The van der Waals surface area contributed by atoms with E-state index in [0.717, 1.165) is 0 Å². The summed E-state index contributed by atoms with van der Waals surface area (Å²) in [4.78, 5) is 11.2. The summed E-state index contributed by atoms with van der Waals surface area (Å²) in [6.07, 6.45) is 2.45. The first-order chi connectivity index (χ1) is 8.97. The van der Waals surface area contributed by atoms with E-state index >= 15 is 0 Å².